The second-order valence-electron chi connectivity index (χ2n) is 8.25. The number of nitriles is 1. The molecule has 1 aliphatic heterocycles. The second kappa shape index (κ2) is 10.5. The lowest BCUT2D eigenvalue weighted by Gasteiger charge is -2.28. The molecule has 4 rings (SSSR count). The molecule has 6 nitrogen and oxygen atoms in total. The zero-order valence-corrected chi connectivity index (χ0v) is 22.3. The van der Waals surface area contributed by atoms with Gasteiger partial charge in [-0.25, -0.2) is 0 Å². The van der Waals surface area contributed by atoms with Crippen LogP contribution in [-0.2, 0) is 28.1 Å². The number of rotatable bonds is 7. The summed E-state index contributed by atoms with van der Waals surface area (Å²) in [5, 5.41) is 14.3. The van der Waals surface area contributed by atoms with Gasteiger partial charge in [-0.1, -0.05) is 40.0 Å². The van der Waals surface area contributed by atoms with Crippen molar-refractivity contribution >= 4 is 74.9 Å². The Kier molecular flexibility index (Phi) is 7.93. The predicted molar refractivity (Wildman–Crippen MR) is 132 cm³/mol. The first kappa shape index (κ1) is 27.2. The first-order valence-electron chi connectivity index (χ1n) is 10.8. The van der Waals surface area contributed by atoms with E-state index in [1.807, 2.05) is 0 Å². The van der Waals surface area contributed by atoms with E-state index in [4.69, 9.17) is 44.9 Å². The van der Waals surface area contributed by atoms with Crippen molar-refractivity contribution in [2.75, 3.05) is 6.54 Å². The fourth-order valence-corrected chi connectivity index (χ4v) is 7.60. The van der Waals surface area contributed by atoms with Crippen molar-refractivity contribution in [2.45, 2.75) is 56.7 Å². The molecule has 0 fully saturated rings. The molecule has 0 aromatic carbocycles. The zero-order valence-electron chi connectivity index (χ0n) is 18.4. The molecule has 192 valence electrons. The summed E-state index contributed by atoms with van der Waals surface area (Å²) in [6.45, 7) is -0.156. The van der Waals surface area contributed by atoms with Crippen LogP contribution in [0.2, 0.25) is 14.4 Å². The van der Waals surface area contributed by atoms with Gasteiger partial charge in [0.15, 0.2) is 5.78 Å². The minimum absolute atomic E-state index is 0.0676. The molecule has 0 spiro atoms. The van der Waals surface area contributed by atoms with Gasteiger partial charge in [0.1, 0.15) is 16.6 Å². The van der Waals surface area contributed by atoms with Gasteiger partial charge in [0.25, 0.3) is 5.60 Å². The Morgan fingerprint density at radius 3 is 2.42 bits per heavy atom. The normalized spacial score (nSPS) is 19.3. The Bertz CT molecular complexity index is 1300. The van der Waals surface area contributed by atoms with E-state index in [0.717, 1.165) is 35.3 Å². The number of carbonyl (C=O) groups is 2. The van der Waals surface area contributed by atoms with E-state index in [0.29, 0.717) is 33.9 Å². The number of alkyl halides is 3. The minimum atomic E-state index is -4.88. The topological polar surface area (TPSA) is 91.6 Å². The van der Waals surface area contributed by atoms with Gasteiger partial charge in [-0.3, -0.25) is 9.59 Å². The van der Waals surface area contributed by atoms with Gasteiger partial charge in [0.05, 0.1) is 37.2 Å². The molecule has 3 heterocycles. The zero-order chi connectivity index (χ0) is 26.3. The number of ketones is 1. The van der Waals surface area contributed by atoms with E-state index in [9.17, 15) is 22.8 Å². The Labute approximate surface area is 227 Å². The Morgan fingerprint density at radius 2 is 1.81 bits per heavy atom. The van der Waals surface area contributed by atoms with Crippen LogP contribution in [0.5, 0.6) is 0 Å². The molecule has 2 aromatic rings. The van der Waals surface area contributed by atoms with Crippen LogP contribution in [0.3, 0.4) is 0 Å². The van der Waals surface area contributed by atoms with Gasteiger partial charge in [-0.2, -0.15) is 18.4 Å². The fourth-order valence-electron chi connectivity index (χ4n) is 4.24. The number of carbonyl (C=O) groups excluding carboxylic acids is 2. The summed E-state index contributed by atoms with van der Waals surface area (Å²) in [7, 11) is 0. The number of thiophene rings is 2. The number of Topliss-reactive ketones (excluding diaryl/α,β-unsaturated/α-hetero) is 1. The molecule has 0 radical (unpaired) electrons. The van der Waals surface area contributed by atoms with Crippen LogP contribution in [-0.4, -0.2) is 30.1 Å². The van der Waals surface area contributed by atoms with Crippen molar-refractivity contribution in [1.82, 2.24) is 5.32 Å². The first-order chi connectivity index (χ1) is 17.0. The van der Waals surface area contributed by atoms with Crippen LogP contribution >= 0.6 is 57.5 Å². The fraction of sp³-hybridized carbons (Fsp3) is 0.455. The molecular formula is C22H17Cl3F3N3O3S2. The largest absolute Gasteiger partial charge is 0.436 e. The number of nitrogens with one attached hydrogen (secondary N) is 1. The summed E-state index contributed by atoms with van der Waals surface area (Å²) < 4.78 is 43.1. The maximum absolute atomic E-state index is 14.4. The van der Waals surface area contributed by atoms with Crippen molar-refractivity contribution < 1.29 is 27.6 Å². The summed E-state index contributed by atoms with van der Waals surface area (Å²) in [6, 6.07) is 1.79. The van der Waals surface area contributed by atoms with Crippen molar-refractivity contribution in [3.63, 3.8) is 0 Å². The molecule has 1 amide bonds. The average molecular weight is 599 g/mol. The third-order valence-electron chi connectivity index (χ3n) is 5.99. The highest BCUT2D eigenvalue weighted by molar-refractivity contribution is 7.18. The highest BCUT2D eigenvalue weighted by Gasteiger charge is 2.64. The molecule has 36 heavy (non-hydrogen) atoms. The Morgan fingerprint density at radius 1 is 1.11 bits per heavy atom. The summed E-state index contributed by atoms with van der Waals surface area (Å²) in [6.07, 6.45) is -2.86. The van der Waals surface area contributed by atoms with E-state index >= 15 is 0 Å². The van der Waals surface area contributed by atoms with Gasteiger partial charge in [-0.15, -0.1) is 22.7 Å². The Balaban J connectivity index is 1.66. The van der Waals surface area contributed by atoms with Crippen molar-refractivity contribution in [2.24, 2.45) is 5.16 Å². The maximum Gasteiger partial charge on any atom is 0.436 e. The summed E-state index contributed by atoms with van der Waals surface area (Å²) >= 11 is 19.7. The van der Waals surface area contributed by atoms with Gasteiger partial charge < -0.3 is 10.2 Å². The first-order valence-corrected chi connectivity index (χ1v) is 13.5. The van der Waals surface area contributed by atoms with Crippen molar-refractivity contribution in [3.05, 3.63) is 40.1 Å². The highest BCUT2D eigenvalue weighted by atomic mass is 35.5. The van der Waals surface area contributed by atoms with Crippen LogP contribution in [0.4, 0.5) is 13.2 Å². The summed E-state index contributed by atoms with van der Waals surface area (Å²) in [5.74, 6) is -0.706. The molecule has 0 saturated carbocycles. The van der Waals surface area contributed by atoms with Crippen LogP contribution in [0.15, 0.2) is 5.16 Å². The molecule has 0 bridgehead atoms. The second-order valence-corrected chi connectivity index (χ2v) is 11.6. The lowest BCUT2D eigenvalue weighted by atomic mass is 9.88. The number of hydrogen-bond acceptors (Lipinski definition) is 7. The Hall–Kier alpha value is -1.84. The lowest BCUT2D eigenvalue weighted by molar-refractivity contribution is -0.274. The van der Waals surface area contributed by atoms with Crippen molar-refractivity contribution in [3.8, 4) is 6.07 Å². The average Bonchev–Trinajstić information content (AvgIpc) is 3.52. The third-order valence-corrected chi connectivity index (χ3v) is 10.1. The van der Waals surface area contributed by atoms with Gasteiger partial charge >= 0.3 is 6.18 Å². The lowest BCUT2D eigenvalue weighted by Crippen LogP contribution is -2.42. The number of nitrogens with zero attached hydrogens (tertiary/aromatic N) is 2. The summed E-state index contributed by atoms with van der Waals surface area (Å²) in [4.78, 5) is 30.4. The van der Waals surface area contributed by atoms with Gasteiger partial charge in [0.2, 0.25) is 5.91 Å². The van der Waals surface area contributed by atoms with Gasteiger partial charge in [0, 0.05) is 12.8 Å². The number of fused-ring (bicyclic) bond motifs is 1. The molecule has 0 saturated heterocycles. The molecule has 2 aliphatic rings. The SMILES string of the molecule is N#CCNC(=O)CCC(=O)c1sc(C2=NOC(c3sc(Cl)c(Cl)c3Cl)(C(F)(F)F)C2)c2c1CCCC2. The quantitative estimate of drug-likeness (QED) is 0.279. The molecular weight excluding hydrogens is 582 g/mol. The minimum Gasteiger partial charge on any atom is -0.373 e. The standard InChI is InChI=1S/C22H17Cl3F3N3O3S2/c23-15-16(24)20(25)36-19(15)21(22(26,27)28)9-12(31-34-21)17-10-3-1-2-4-11(10)18(35-17)13(32)5-6-14(33)30-8-7-29/h1-6,8-9H2,(H,30,33). The molecule has 1 atom stereocenters. The van der Waals surface area contributed by atoms with Crippen LogP contribution in [0.25, 0.3) is 0 Å². The van der Waals surface area contributed by atoms with E-state index < -0.39 is 24.1 Å². The third kappa shape index (κ3) is 4.86. The number of amides is 1. The van der Waals surface area contributed by atoms with Crippen LogP contribution < -0.4 is 5.32 Å². The smallest absolute Gasteiger partial charge is 0.373 e. The van der Waals surface area contributed by atoms with E-state index in [2.05, 4.69) is 10.5 Å². The van der Waals surface area contributed by atoms with Crippen molar-refractivity contribution in [1.29, 1.82) is 5.26 Å². The van der Waals surface area contributed by atoms with E-state index in [1.54, 1.807) is 6.07 Å². The maximum atomic E-state index is 14.4. The number of hydrogen-bond donors (Lipinski definition) is 1. The van der Waals surface area contributed by atoms with Crippen LogP contribution in [0.1, 0.15) is 62.7 Å². The molecule has 1 N–H and O–H groups in total. The molecule has 1 aliphatic carbocycles. The van der Waals surface area contributed by atoms with Gasteiger partial charge in [-0.05, 0) is 36.8 Å². The van der Waals surface area contributed by atoms with E-state index in [-0.39, 0.29) is 50.1 Å². The number of oxime groups is 1. The van der Waals surface area contributed by atoms with E-state index in [1.165, 1.54) is 0 Å². The summed E-state index contributed by atoms with van der Waals surface area (Å²) in [5.41, 5.74) is -1.21. The molecule has 2 aromatic heterocycles. The molecule has 14 heteroatoms. The van der Waals surface area contributed by atoms with Crippen LogP contribution in [0, 0.1) is 11.3 Å². The predicted octanol–water partition coefficient (Wildman–Crippen LogP) is 6.83. The highest BCUT2D eigenvalue weighted by Crippen LogP contribution is 2.56. The number of halogens is 6. The molecule has 1 unspecified atom stereocenters. The monoisotopic (exact) mass is 597 g/mol.